The van der Waals surface area contributed by atoms with Crippen LogP contribution in [0.4, 0.5) is 5.69 Å². The van der Waals surface area contributed by atoms with Crippen molar-refractivity contribution in [2.24, 2.45) is 0 Å². The van der Waals surface area contributed by atoms with Gasteiger partial charge in [-0.1, -0.05) is 0 Å². The van der Waals surface area contributed by atoms with E-state index in [1.54, 1.807) is 12.1 Å². The lowest BCUT2D eigenvalue weighted by Gasteiger charge is -2.29. The van der Waals surface area contributed by atoms with Crippen LogP contribution in [0.5, 0.6) is 0 Å². The van der Waals surface area contributed by atoms with Crippen molar-refractivity contribution in [2.75, 3.05) is 5.32 Å². The van der Waals surface area contributed by atoms with Crippen LogP contribution in [0.25, 0.3) is 0 Å². The number of rotatable bonds is 5. The van der Waals surface area contributed by atoms with E-state index in [1.807, 2.05) is 27.7 Å². The van der Waals surface area contributed by atoms with Gasteiger partial charge in [0, 0.05) is 24.7 Å². The molecule has 0 radical (unpaired) electrons. The van der Waals surface area contributed by atoms with Crippen LogP contribution in [0.3, 0.4) is 0 Å². The summed E-state index contributed by atoms with van der Waals surface area (Å²) in [5.74, 6) is -0.188. The summed E-state index contributed by atoms with van der Waals surface area (Å²) >= 11 is 0. The molecule has 0 aliphatic carbocycles. The first-order valence-electron chi connectivity index (χ1n) is 6.57. The molecule has 0 saturated heterocycles. The van der Waals surface area contributed by atoms with Gasteiger partial charge in [0.25, 0.3) is 0 Å². The van der Waals surface area contributed by atoms with E-state index in [0.29, 0.717) is 5.69 Å². The number of amides is 1. The van der Waals surface area contributed by atoms with Gasteiger partial charge in [-0.3, -0.25) is 4.79 Å². The van der Waals surface area contributed by atoms with Crippen LogP contribution in [0.1, 0.15) is 34.6 Å². The van der Waals surface area contributed by atoms with Crippen molar-refractivity contribution in [2.45, 2.75) is 51.6 Å². The molecule has 1 N–H and O–H groups in total. The molecule has 0 aliphatic heterocycles. The van der Waals surface area contributed by atoms with Gasteiger partial charge in [0.1, 0.15) is 0 Å². The zero-order valence-corrected chi connectivity index (χ0v) is 13.4. The van der Waals surface area contributed by atoms with E-state index in [2.05, 4.69) is 5.32 Å². The van der Waals surface area contributed by atoms with Crippen LogP contribution in [-0.4, -0.2) is 30.7 Å². The predicted octanol–water partition coefficient (Wildman–Crippen LogP) is 2.45. The molecule has 1 aromatic carbocycles. The van der Waals surface area contributed by atoms with Gasteiger partial charge in [-0.05, 0) is 52.0 Å². The maximum atomic E-state index is 12.6. The van der Waals surface area contributed by atoms with Gasteiger partial charge < -0.3 is 5.32 Å². The number of sulfonamides is 1. The Morgan fingerprint density at radius 2 is 1.50 bits per heavy atom. The van der Waals surface area contributed by atoms with Gasteiger partial charge in [0.05, 0.1) is 4.90 Å². The maximum Gasteiger partial charge on any atom is 0.243 e. The van der Waals surface area contributed by atoms with Crippen molar-refractivity contribution in [3.63, 3.8) is 0 Å². The number of hydrogen-bond donors (Lipinski definition) is 1. The first-order chi connectivity index (χ1) is 9.16. The molecule has 1 rings (SSSR count). The van der Waals surface area contributed by atoms with Crippen LogP contribution in [0, 0.1) is 0 Å². The second-order valence-electron chi connectivity index (χ2n) is 5.23. The van der Waals surface area contributed by atoms with Crippen molar-refractivity contribution in [1.29, 1.82) is 0 Å². The van der Waals surface area contributed by atoms with Crippen molar-refractivity contribution >= 4 is 21.6 Å². The van der Waals surface area contributed by atoms with Crippen molar-refractivity contribution < 1.29 is 13.2 Å². The van der Waals surface area contributed by atoms with E-state index in [-0.39, 0.29) is 22.9 Å². The van der Waals surface area contributed by atoms with E-state index in [1.165, 1.54) is 23.4 Å². The molecule has 5 nitrogen and oxygen atoms in total. The molecule has 0 atom stereocenters. The highest BCUT2D eigenvalue weighted by atomic mass is 32.2. The smallest absolute Gasteiger partial charge is 0.243 e. The molecule has 0 bridgehead atoms. The first-order valence-corrected chi connectivity index (χ1v) is 8.01. The van der Waals surface area contributed by atoms with Gasteiger partial charge in [-0.2, -0.15) is 4.31 Å². The van der Waals surface area contributed by atoms with Gasteiger partial charge in [0.15, 0.2) is 0 Å². The Bertz CT molecular complexity index is 555. The molecular weight excluding hydrogens is 276 g/mol. The standard InChI is InChI=1S/C14H22N2O3S/c1-10(2)16(11(3)4)20(18,19)14-8-6-13(7-9-14)15-12(5)17/h6-11H,1-5H3,(H,15,17). The SMILES string of the molecule is CC(=O)Nc1ccc(S(=O)(=O)N(C(C)C)C(C)C)cc1. The van der Waals surface area contributed by atoms with Crippen molar-refractivity contribution in [3.05, 3.63) is 24.3 Å². The highest BCUT2D eigenvalue weighted by molar-refractivity contribution is 7.89. The maximum absolute atomic E-state index is 12.6. The van der Waals surface area contributed by atoms with Crippen molar-refractivity contribution in [3.8, 4) is 0 Å². The molecule has 6 heteroatoms. The van der Waals surface area contributed by atoms with E-state index in [4.69, 9.17) is 0 Å². The topological polar surface area (TPSA) is 66.5 Å². The van der Waals surface area contributed by atoms with Gasteiger partial charge >= 0.3 is 0 Å². The van der Waals surface area contributed by atoms with Crippen LogP contribution in [-0.2, 0) is 14.8 Å². The Morgan fingerprint density at radius 3 is 1.85 bits per heavy atom. The average Bonchev–Trinajstić information content (AvgIpc) is 2.26. The summed E-state index contributed by atoms with van der Waals surface area (Å²) in [4.78, 5) is 11.2. The molecular formula is C14H22N2O3S. The Labute approximate surface area is 121 Å². The fourth-order valence-electron chi connectivity index (χ4n) is 2.19. The minimum atomic E-state index is -3.52. The molecule has 0 aromatic heterocycles. The number of benzene rings is 1. The van der Waals surface area contributed by atoms with Crippen LogP contribution in [0.2, 0.25) is 0 Å². The predicted molar refractivity (Wildman–Crippen MR) is 80.0 cm³/mol. The Morgan fingerprint density at radius 1 is 1.05 bits per heavy atom. The Balaban J connectivity index is 3.12. The fraction of sp³-hybridized carbons (Fsp3) is 0.500. The van der Waals surface area contributed by atoms with E-state index >= 15 is 0 Å². The number of hydrogen-bond acceptors (Lipinski definition) is 3. The number of nitrogens with zero attached hydrogens (tertiary/aromatic N) is 1. The third kappa shape index (κ3) is 3.80. The summed E-state index contributed by atoms with van der Waals surface area (Å²) < 4.78 is 26.6. The highest BCUT2D eigenvalue weighted by Gasteiger charge is 2.29. The number of nitrogens with one attached hydrogen (secondary N) is 1. The zero-order valence-electron chi connectivity index (χ0n) is 12.5. The molecule has 0 heterocycles. The number of carbonyl (C=O) groups is 1. The van der Waals surface area contributed by atoms with Gasteiger partial charge in [-0.25, -0.2) is 8.42 Å². The van der Waals surface area contributed by atoms with Gasteiger partial charge in [-0.15, -0.1) is 0 Å². The summed E-state index contributed by atoms with van der Waals surface area (Å²) in [5.41, 5.74) is 0.581. The Kier molecular flexibility index (Phi) is 5.30. The lowest BCUT2D eigenvalue weighted by atomic mass is 10.3. The summed E-state index contributed by atoms with van der Waals surface area (Å²) in [6.45, 7) is 8.81. The van der Waals surface area contributed by atoms with E-state index < -0.39 is 10.0 Å². The number of anilines is 1. The number of carbonyl (C=O) groups excluding carboxylic acids is 1. The lowest BCUT2D eigenvalue weighted by molar-refractivity contribution is -0.114. The lowest BCUT2D eigenvalue weighted by Crippen LogP contribution is -2.41. The largest absolute Gasteiger partial charge is 0.326 e. The first kappa shape index (κ1) is 16.7. The molecule has 0 spiro atoms. The monoisotopic (exact) mass is 298 g/mol. The molecule has 0 saturated carbocycles. The van der Waals surface area contributed by atoms with Gasteiger partial charge in [0.2, 0.25) is 15.9 Å². The summed E-state index contributed by atoms with van der Waals surface area (Å²) in [6.07, 6.45) is 0. The molecule has 1 aromatic rings. The molecule has 0 aliphatic rings. The molecule has 20 heavy (non-hydrogen) atoms. The summed E-state index contributed by atoms with van der Waals surface area (Å²) in [7, 11) is -3.52. The highest BCUT2D eigenvalue weighted by Crippen LogP contribution is 2.22. The molecule has 0 unspecified atom stereocenters. The minimum Gasteiger partial charge on any atom is -0.326 e. The Hall–Kier alpha value is -1.40. The average molecular weight is 298 g/mol. The van der Waals surface area contributed by atoms with Crippen LogP contribution >= 0.6 is 0 Å². The quantitative estimate of drug-likeness (QED) is 0.908. The van der Waals surface area contributed by atoms with Crippen LogP contribution in [0.15, 0.2) is 29.2 Å². The summed E-state index contributed by atoms with van der Waals surface area (Å²) in [5, 5.41) is 2.61. The third-order valence-electron chi connectivity index (χ3n) is 2.77. The molecule has 0 fully saturated rings. The second-order valence-corrected chi connectivity index (χ2v) is 7.07. The molecule has 1 amide bonds. The second kappa shape index (κ2) is 6.37. The fourth-order valence-corrected chi connectivity index (χ4v) is 4.02. The normalized spacial score (nSPS) is 12.2. The minimum absolute atomic E-state index is 0.116. The summed E-state index contributed by atoms with van der Waals surface area (Å²) in [6, 6.07) is 5.97. The van der Waals surface area contributed by atoms with Crippen LogP contribution < -0.4 is 5.32 Å². The zero-order chi connectivity index (χ0) is 15.5. The van der Waals surface area contributed by atoms with E-state index in [0.717, 1.165) is 0 Å². The third-order valence-corrected chi connectivity index (χ3v) is 5.03. The van der Waals surface area contributed by atoms with E-state index in [9.17, 15) is 13.2 Å². The van der Waals surface area contributed by atoms with Crippen molar-refractivity contribution in [1.82, 2.24) is 4.31 Å². The molecule has 112 valence electrons.